The first kappa shape index (κ1) is 23.0. The minimum absolute atomic E-state index is 0.0497. The van der Waals surface area contributed by atoms with E-state index in [0.29, 0.717) is 6.42 Å². The second-order valence-electron chi connectivity index (χ2n) is 5.41. The van der Waals surface area contributed by atoms with Gasteiger partial charge in [0.05, 0.1) is 0 Å². The Hall–Kier alpha value is -1.12. The van der Waals surface area contributed by atoms with Gasteiger partial charge in [-0.05, 0) is 32.6 Å². The highest BCUT2D eigenvalue weighted by Gasteiger charge is 2.23. The lowest BCUT2D eigenvalue weighted by Crippen LogP contribution is -2.25. The number of amides is 1. The van der Waals surface area contributed by atoms with E-state index in [1.54, 1.807) is 0 Å². The molecule has 3 heteroatoms. The average Bonchev–Trinajstić information content (AvgIpc) is 2.28. The predicted octanol–water partition coefficient (Wildman–Crippen LogP) is 4.11. The van der Waals surface area contributed by atoms with E-state index < -0.39 is 5.91 Å². The molecular formula is C16H33NO2. The largest absolute Gasteiger partial charge is 0.370 e. The molecule has 3 nitrogen and oxygen atoms in total. The predicted molar refractivity (Wildman–Crippen MR) is 83.9 cm³/mol. The van der Waals surface area contributed by atoms with Gasteiger partial charge in [0.15, 0.2) is 0 Å². The number of nitrogens with two attached hydrogens (primary N) is 1. The Kier molecular flexibility index (Phi) is 16.1. The number of allylic oxidation sites excluding steroid dienone is 2. The summed E-state index contributed by atoms with van der Waals surface area (Å²) in [6.07, 6.45) is 4.89. The maximum atomic E-state index is 11.1. The molecule has 0 saturated carbocycles. The van der Waals surface area contributed by atoms with E-state index in [9.17, 15) is 9.59 Å². The maximum absolute atomic E-state index is 11.1. The molecule has 0 aliphatic rings. The van der Waals surface area contributed by atoms with Crippen molar-refractivity contribution < 1.29 is 9.59 Å². The van der Waals surface area contributed by atoms with Gasteiger partial charge < -0.3 is 5.73 Å². The van der Waals surface area contributed by atoms with Gasteiger partial charge in [-0.3, -0.25) is 9.59 Å². The van der Waals surface area contributed by atoms with Crippen LogP contribution in [0.15, 0.2) is 12.2 Å². The van der Waals surface area contributed by atoms with Crippen LogP contribution in [0.3, 0.4) is 0 Å². The van der Waals surface area contributed by atoms with Gasteiger partial charge >= 0.3 is 0 Å². The fourth-order valence-corrected chi connectivity index (χ4v) is 1.34. The molecule has 19 heavy (non-hydrogen) atoms. The van der Waals surface area contributed by atoms with Gasteiger partial charge in [-0.25, -0.2) is 0 Å². The van der Waals surface area contributed by atoms with E-state index in [2.05, 4.69) is 0 Å². The zero-order chi connectivity index (χ0) is 16.1. The van der Waals surface area contributed by atoms with Gasteiger partial charge in [-0.1, -0.05) is 46.8 Å². The van der Waals surface area contributed by atoms with Crippen molar-refractivity contribution in [1.82, 2.24) is 0 Å². The summed E-state index contributed by atoms with van der Waals surface area (Å²) in [7, 11) is 0. The van der Waals surface area contributed by atoms with Crippen LogP contribution in [0.5, 0.6) is 0 Å². The number of primary amides is 1. The SMILES string of the molecule is C/C=C/C.CC.CC(=O)[C@@H](CC(N)=O)CC(C)(C)C. The van der Waals surface area contributed by atoms with Gasteiger partial charge in [0.25, 0.3) is 0 Å². The van der Waals surface area contributed by atoms with Crippen molar-refractivity contribution in [3.05, 3.63) is 12.2 Å². The number of hydrogen-bond donors (Lipinski definition) is 1. The van der Waals surface area contributed by atoms with Crippen LogP contribution in [-0.4, -0.2) is 11.7 Å². The van der Waals surface area contributed by atoms with Crippen molar-refractivity contribution in [3.8, 4) is 0 Å². The second-order valence-corrected chi connectivity index (χ2v) is 5.41. The van der Waals surface area contributed by atoms with Crippen LogP contribution < -0.4 is 5.73 Å². The molecule has 0 heterocycles. The summed E-state index contributed by atoms with van der Waals surface area (Å²) < 4.78 is 0. The molecule has 114 valence electrons. The minimum atomic E-state index is -0.399. The van der Waals surface area contributed by atoms with Crippen molar-refractivity contribution in [2.24, 2.45) is 17.1 Å². The van der Waals surface area contributed by atoms with Crippen LogP contribution >= 0.6 is 0 Å². The van der Waals surface area contributed by atoms with Gasteiger partial charge in [-0.15, -0.1) is 0 Å². The monoisotopic (exact) mass is 271 g/mol. The van der Waals surface area contributed by atoms with Crippen molar-refractivity contribution >= 4 is 11.7 Å². The molecule has 0 aromatic heterocycles. The number of carbonyl (C=O) groups excluding carboxylic acids is 2. The first-order chi connectivity index (χ1) is 8.64. The van der Waals surface area contributed by atoms with Gasteiger partial charge in [-0.2, -0.15) is 0 Å². The van der Waals surface area contributed by atoms with E-state index in [-0.39, 0.29) is 23.5 Å². The van der Waals surface area contributed by atoms with Crippen LogP contribution in [0.1, 0.15) is 68.2 Å². The Morgan fingerprint density at radius 2 is 1.47 bits per heavy atom. The first-order valence-electron chi connectivity index (χ1n) is 7.00. The lowest BCUT2D eigenvalue weighted by molar-refractivity contribution is -0.127. The van der Waals surface area contributed by atoms with Crippen molar-refractivity contribution in [2.75, 3.05) is 0 Å². The Morgan fingerprint density at radius 3 is 1.63 bits per heavy atom. The Balaban J connectivity index is -0.000000361. The molecule has 0 radical (unpaired) electrons. The third-order valence-corrected chi connectivity index (χ3v) is 2.21. The molecule has 0 aromatic rings. The lowest BCUT2D eigenvalue weighted by atomic mass is 9.81. The molecule has 1 atom stereocenters. The van der Waals surface area contributed by atoms with E-state index in [1.165, 1.54) is 6.92 Å². The van der Waals surface area contributed by atoms with Gasteiger partial charge in [0.2, 0.25) is 5.91 Å². The molecule has 0 spiro atoms. The summed E-state index contributed by atoms with van der Waals surface area (Å²) in [5, 5.41) is 0. The van der Waals surface area contributed by atoms with Crippen molar-refractivity contribution in [3.63, 3.8) is 0 Å². The fourth-order valence-electron chi connectivity index (χ4n) is 1.34. The highest BCUT2D eigenvalue weighted by Crippen LogP contribution is 2.26. The normalized spacial score (nSPS) is 11.8. The molecule has 0 fully saturated rings. The van der Waals surface area contributed by atoms with E-state index in [1.807, 2.05) is 60.6 Å². The number of Topliss-reactive ketones (excluding diaryl/α,β-unsaturated/α-hetero) is 1. The highest BCUT2D eigenvalue weighted by atomic mass is 16.1. The number of ketones is 1. The first-order valence-corrected chi connectivity index (χ1v) is 7.00. The molecule has 1 amide bonds. The number of rotatable bonds is 4. The molecule has 2 N–H and O–H groups in total. The summed E-state index contributed by atoms with van der Waals surface area (Å²) in [5.41, 5.74) is 5.12. The van der Waals surface area contributed by atoms with Crippen LogP contribution in [0.2, 0.25) is 0 Å². The second kappa shape index (κ2) is 13.3. The molecule has 0 aliphatic carbocycles. The Labute approximate surface area is 119 Å². The minimum Gasteiger partial charge on any atom is -0.370 e. The smallest absolute Gasteiger partial charge is 0.218 e. The van der Waals surface area contributed by atoms with E-state index in [0.717, 1.165) is 0 Å². The summed E-state index contributed by atoms with van der Waals surface area (Å²) in [6, 6.07) is 0. The summed E-state index contributed by atoms with van der Waals surface area (Å²) in [4.78, 5) is 21.8. The van der Waals surface area contributed by atoms with Gasteiger partial charge in [0, 0.05) is 12.3 Å². The molecule has 0 unspecified atom stereocenters. The lowest BCUT2D eigenvalue weighted by Gasteiger charge is -2.23. The van der Waals surface area contributed by atoms with Crippen molar-refractivity contribution in [2.45, 2.75) is 68.2 Å². The average molecular weight is 271 g/mol. The zero-order valence-corrected chi connectivity index (χ0v) is 14.0. The van der Waals surface area contributed by atoms with Gasteiger partial charge in [0.1, 0.15) is 5.78 Å². The molecule has 0 aromatic carbocycles. The summed E-state index contributed by atoms with van der Waals surface area (Å²) >= 11 is 0. The molecular weight excluding hydrogens is 238 g/mol. The standard InChI is InChI=1S/C10H19NO2.C4H8.C2H6/c1-7(12)8(5-9(11)13)6-10(2,3)4;1-3-4-2;1-2/h8H,5-6H2,1-4H3,(H2,11,13);3-4H,1-2H3;1-2H3/b;4-3+;/t8-;;/m0../s1. The maximum Gasteiger partial charge on any atom is 0.218 e. The fraction of sp³-hybridized carbons (Fsp3) is 0.750. The quantitative estimate of drug-likeness (QED) is 0.782. The Bertz CT molecular complexity index is 258. The Morgan fingerprint density at radius 1 is 1.11 bits per heavy atom. The highest BCUT2D eigenvalue weighted by molar-refractivity contribution is 5.84. The third kappa shape index (κ3) is 22.5. The molecule has 0 bridgehead atoms. The summed E-state index contributed by atoms with van der Waals surface area (Å²) in [5.74, 6) is -0.560. The van der Waals surface area contributed by atoms with Crippen LogP contribution in [0.25, 0.3) is 0 Å². The number of hydrogen-bond acceptors (Lipinski definition) is 2. The molecule has 0 rings (SSSR count). The molecule has 0 saturated heterocycles. The van der Waals surface area contributed by atoms with Crippen LogP contribution in [0, 0.1) is 11.3 Å². The van der Waals surface area contributed by atoms with Crippen LogP contribution in [0.4, 0.5) is 0 Å². The number of carbonyl (C=O) groups is 2. The zero-order valence-electron chi connectivity index (χ0n) is 14.0. The topological polar surface area (TPSA) is 60.2 Å². The molecule has 0 aliphatic heterocycles. The van der Waals surface area contributed by atoms with E-state index >= 15 is 0 Å². The van der Waals surface area contributed by atoms with Crippen LogP contribution in [-0.2, 0) is 9.59 Å². The van der Waals surface area contributed by atoms with Crippen molar-refractivity contribution in [1.29, 1.82) is 0 Å². The van der Waals surface area contributed by atoms with E-state index in [4.69, 9.17) is 5.73 Å². The third-order valence-electron chi connectivity index (χ3n) is 2.21. The summed E-state index contributed by atoms with van der Waals surface area (Å²) in [6.45, 7) is 15.6.